The van der Waals surface area contributed by atoms with Gasteiger partial charge in [0.25, 0.3) is 11.5 Å². The van der Waals surface area contributed by atoms with E-state index in [1.54, 1.807) is 17.0 Å². The van der Waals surface area contributed by atoms with Crippen LogP contribution >= 0.6 is 0 Å². The van der Waals surface area contributed by atoms with Gasteiger partial charge in [0.05, 0.1) is 16.9 Å². The zero-order valence-electron chi connectivity index (χ0n) is 20.1. The average Bonchev–Trinajstić information content (AvgIpc) is 2.92. The number of hydrogen-bond acceptors (Lipinski definition) is 6. The predicted molar refractivity (Wildman–Crippen MR) is 135 cm³/mol. The number of anilines is 1. The molecule has 1 aromatic heterocycles. The molecule has 2 N–H and O–H groups in total. The standard InChI is InChI=1S/C27H30FN5O3/c28-23-9-8-19(18-24-25-21(7-4-10-29-25)26(34)31-30-24)17-22(23)27(35)33-13-11-32(12-14-33)15-16-36-20-5-2-1-3-6-20/h1-3,5-6,8-9,17,29H,4,7,10-16,18H2,(H,31,34). The van der Waals surface area contributed by atoms with Gasteiger partial charge in [-0.1, -0.05) is 24.3 Å². The lowest BCUT2D eigenvalue weighted by Crippen LogP contribution is -2.49. The van der Waals surface area contributed by atoms with Crippen molar-refractivity contribution in [3.8, 4) is 5.75 Å². The first-order valence-electron chi connectivity index (χ1n) is 12.4. The zero-order chi connectivity index (χ0) is 24.9. The van der Waals surface area contributed by atoms with Crippen LogP contribution in [0.1, 0.15) is 33.6 Å². The Bertz CT molecular complexity index is 1270. The van der Waals surface area contributed by atoms with Crippen LogP contribution in [-0.2, 0) is 12.8 Å². The Morgan fingerprint density at radius 3 is 2.69 bits per heavy atom. The number of aromatic nitrogens is 2. The van der Waals surface area contributed by atoms with Crippen molar-refractivity contribution >= 4 is 11.6 Å². The number of hydrogen-bond donors (Lipinski definition) is 2. The molecule has 0 atom stereocenters. The molecule has 0 bridgehead atoms. The van der Waals surface area contributed by atoms with Crippen LogP contribution in [0.4, 0.5) is 10.1 Å². The summed E-state index contributed by atoms with van der Waals surface area (Å²) in [5, 5.41) is 10.1. The van der Waals surface area contributed by atoms with Gasteiger partial charge in [-0.2, -0.15) is 5.10 Å². The van der Waals surface area contributed by atoms with Crippen molar-refractivity contribution in [1.29, 1.82) is 0 Å². The molecule has 36 heavy (non-hydrogen) atoms. The lowest BCUT2D eigenvalue weighted by molar-refractivity contribution is 0.0615. The topological polar surface area (TPSA) is 90.6 Å². The third-order valence-corrected chi connectivity index (χ3v) is 6.77. The number of carbonyl (C=O) groups is 1. The largest absolute Gasteiger partial charge is 0.492 e. The quantitative estimate of drug-likeness (QED) is 0.528. The van der Waals surface area contributed by atoms with Gasteiger partial charge in [0, 0.05) is 51.3 Å². The lowest BCUT2D eigenvalue weighted by Gasteiger charge is -2.34. The van der Waals surface area contributed by atoms with Crippen molar-refractivity contribution in [3.63, 3.8) is 0 Å². The summed E-state index contributed by atoms with van der Waals surface area (Å²) in [5.74, 6) is 0.0103. The number of ether oxygens (including phenoxy) is 1. The van der Waals surface area contributed by atoms with E-state index in [-0.39, 0.29) is 17.0 Å². The van der Waals surface area contributed by atoms with Crippen molar-refractivity contribution in [1.82, 2.24) is 20.0 Å². The number of carbonyl (C=O) groups excluding carboxylic acids is 1. The molecular weight excluding hydrogens is 461 g/mol. The molecule has 1 saturated heterocycles. The average molecular weight is 492 g/mol. The van der Waals surface area contributed by atoms with E-state index in [9.17, 15) is 14.0 Å². The van der Waals surface area contributed by atoms with Crippen molar-refractivity contribution in [2.45, 2.75) is 19.3 Å². The van der Waals surface area contributed by atoms with Gasteiger partial charge in [-0.15, -0.1) is 0 Å². The van der Waals surface area contributed by atoms with Crippen molar-refractivity contribution in [2.75, 3.05) is 51.2 Å². The summed E-state index contributed by atoms with van der Waals surface area (Å²) < 4.78 is 20.5. The van der Waals surface area contributed by atoms with Crippen molar-refractivity contribution < 1.29 is 13.9 Å². The van der Waals surface area contributed by atoms with E-state index in [0.29, 0.717) is 56.9 Å². The van der Waals surface area contributed by atoms with Crippen molar-refractivity contribution in [2.24, 2.45) is 0 Å². The Labute approximate surface area is 209 Å². The van der Waals surface area contributed by atoms with Crippen LogP contribution in [0.3, 0.4) is 0 Å². The third-order valence-electron chi connectivity index (χ3n) is 6.77. The van der Waals surface area contributed by atoms with Crippen LogP contribution in [0.15, 0.2) is 53.3 Å². The van der Waals surface area contributed by atoms with Crippen LogP contribution in [-0.4, -0.2) is 71.8 Å². The van der Waals surface area contributed by atoms with Crippen LogP contribution < -0.4 is 15.6 Å². The molecule has 1 fully saturated rings. The zero-order valence-corrected chi connectivity index (χ0v) is 20.1. The highest BCUT2D eigenvalue weighted by Crippen LogP contribution is 2.24. The highest BCUT2D eigenvalue weighted by molar-refractivity contribution is 5.94. The molecule has 0 unspecified atom stereocenters. The first kappa shape index (κ1) is 24.0. The molecule has 3 aromatic rings. The summed E-state index contributed by atoms with van der Waals surface area (Å²) in [6.07, 6.45) is 1.98. The minimum absolute atomic E-state index is 0.0691. The highest BCUT2D eigenvalue weighted by Gasteiger charge is 2.25. The van der Waals surface area contributed by atoms with Gasteiger partial charge in [-0.3, -0.25) is 14.5 Å². The molecule has 0 spiro atoms. The second kappa shape index (κ2) is 10.9. The summed E-state index contributed by atoms with van der Waals surface area (Å²) in [7, 11) is 0. The normalized spacial score (nSPS) is 15.8. The number of amides is 1. The SMILES string of the molecule is O=C(c1cc(Cc2n[nH]c(=O)c3c2NCCC3)ccc1F)N1CCN(CCOc2ccccc2)CC1. The maximum absolute atomic E-state index is 14.7. The number of benzene rings is 2. The maximum atomic E-state index is 14.7. The van der Waals surface area contributed by atoms with E-state index < -0.39 is 5.82 Å². The molecule has 188 valence electrons. The Hall–Kier alpha value is -3.72. The fourth-order valence-corrected chi connectivity index (χ4v) is 4.78. The predicted octanol–water partition coefficient (Wildman–Crippen LogP) is 2.69. The number of piperazine rings is 1. The molecular formula is C27H30FN5O3. The molecule has 9 heteroatoms. The number of aromatic amines is 1. The fraction of sp³-hybridized carbons (Fsp3) is 0.370. The Morgan fingerprint density at radius 2 is 1.89 bits per heavy atom. The first-order chi connectivity index (χ1) is 17.6. The highest BCUT2D eigenvalue weighted by atomic mass is 19.1. The molecule has 5 rings (SSSR count). The van der Waals surface area contributed by atoms with Gasteiger partial charge < -0.3 is 15.0 Å². The lowest BCUT2D eigenvalue weighted by atomic mass is 9.99. The molecule has 2 aliphatic rings. The second-order valence-corrected chi connectivity index (χ2v) is 9.17. The van der Waals surface area contributed by atoms with E-state index in [1.165, 1.54) is 6.07 Å². The van der Waals surface area contributed by atoms with E-state index in [4.69, 9.17) is 4.74 Å². The van der Waals surface area contributed by atoms with E-state index in [2.05, 4.69) is 20.4 Å². The summed E-state index contributed by atoms with van der Waals surface area (Å²) in [5.41, 5.74) is 2.82. The summed E-state index contributed by atoms with van der Waals surface area (Å²) in [4.78, 5) is 29.2. The van der Waals surface area contributed by atoms with Crippen LogP contribution in [0.25, 0.3) is 0 Å². The fourth-order valence-electron chi connectivity index (χ4n) is 4.78. The van der Waals surface area contributed by atoms with E-state index in [0.717, 1.165) is 36.5 Å². The minimum atomic E-state index is -0.531. The van der Waals surface area contributed by atoms with Gasteiger partial charge in [0.2, 0.25) is 0 Å². The molecule has 2 aromatic carbocycles. The number of H-pyrrole nitrogens is 1. The number of nitrogens with one attached hydrogen (secondary N) is 2. The molecule has 3 heterocycles. The van der Waals surface area contributed by atoms with Crippen molar-refractivity contribution in [3.05, 3.63) is 87.1 Å². The smallest absolute Gasteiger partial charge is 0.269 e. The summed E-state index contributed by atoms with van der Waals surface area (Å²) in [6, 6.07) is 14.3. The van der Waals surface area contributed by atoms with Gasteiger partial charge in [0.15, 0.2) is 0 Å². The molecule has 0 aliphatic carbocycles. The van der Waals surface area contributed by atoms with Crippen LogP contribution in [0, 0.1) is 5.82 Å². The van der Waals surface area contributed by atoms with Crippen LogP contribution in [0.2, 0.25) is 0 Å². The summed E-state index contributed by atoms with van der Waals surface area (Å²) >= 11 is 0. The second-order valence-electron chi connectivity index (χ2n) is 9.17. The third kappa shape index (κ3) is 5.41. The van der Waals surface area contributed by atoms with Gasteiger partial charge in [-0.05, 0) is 42.7 Å². The molecule has 2 aliphatic heterocycles. The number of para-hydroxylation sites is 1. The van der Waals surface area contributed by atoms with E-state index >= 15 is 0 Å². The monoisotopic (exact) mass is 491 g/mol. The first-order valence-corrected chi connectivity index (χ1v) is 12.4. The molecule has 0 saturated carbocycles. The number of fused-ring (bicyclic) bond motifs is 1. The number of nitrogens with zero attached hydrogens (tertiary/aromatic N) is 3. The molecule has 8 nitrogen and oxygen atoms in total. The minimum Gasteiger partial charge on any atom is -0.492 e. The number of halogens is 1. The Morgan fingerprint density at radius 1 is 1.08 bits per heavy atom. The Balaban J connectivity index is 1.20. The van der Waals surface area contributed by atoms with Gasteiger partial charge in [-0.25, -0.2) is 9.49 Å². The van der Waals surface area contributed by atoms with E-state index in [1.807, 2.05) is 30.3 Å². The summed E-state index contributed by atoms with van der Waals surface area (Å²) in [6.45, 7) is 4.62. The molecule has 0 radical (unpaired) electrons. The maximum Gasteiger partial charge on any atom is 0.269 e. The van der Waals surface area contributed by atoms with Gasteiger partial charge >= 0.3 is 0 Å². The van der Waals surface area contributed by atoms with Gasteiger partial charge in [0.1, 0.15) is 18.2 Å². The Kier molecular flexibility index (Phi) is 7.27. The number of rotatable bonds is 7. The molecule has 1 amide bonds. The van der Waals surface area contributed by atoms with Crippen LogP contribution in [0.5, 0.6) is 5.75 Å².